The van der Waals surface area contributed by atoms with E-state index in [4.69, 9.17) is 23.2 Å². The minimum Gasteiger partial charge on any atom is -0.298 e. The molecular formula is C14H18BrCl2N. The van der Waals surface area contributed by atoms with Crippen LogP contribution in [-0.2, 0) is 6.54 Å². The van der Waals surface area contributed by atoms with Crippen LogP contribution in [0.4, 0.5) is 0 Å². The zero-order valence-electron chi connectivity index (χ0n) is 10.5. The van der Waals surface area contributed by atoms with Gasteiger partial charge in [0.2, 0.25) is 0 Å². The van der Waals surface area contributed by atoms with Crippen molar-refractivity contribution in [3.05, 3.63) is 33.8 Å². The summed E-state index contributed by atoms with van der Waals surface area (Å²) in [6, 6.07) is 6.35. The molecule has 2 atom stereocenters. The van der Waals surface area contributed by atoms with E-state index in [9.17, 15) is 0 Å². The molecule has 0 aromatic heterocycles. The first-order chi connectivity index (χ1) is 8.58. The lowest BCUT2D eigenvalue weighted by Crippen LogP contribution is -2.40. The summed E-state index contributed by atoms with van der Waals surface area (Å²) in [5.74, 6) is 0. The molecule has 4 heteroatoms. The molecule has 0 bridgehead atoms. The molecule has 18 heavy (non-hydrogen) atoms. The fraction of sp³-hybridized carbons (Fsp3) is 0.571. The second-order valence-corrected chi connectivity index (χ2v) is 7.04. The van der Waals surface area contributed by atoms with Crippen molar-refractivity contribution < 1.29 is 0 Å². The van der Waals surface area contributed by atoms with E-state index in [2.05, 4.69) is 27.9 Å². The van der Waals surface area contributed by atoms with Crippen LogP contribution in [0.25, 0.3) is 0 Å². The van der Waals surface area contributed by atoms with Gasteiger partial charge in [-0.1, -0.05) is 58.0 Å². The molecule has 0 saturated heterocycles. The number of halogens is 3. The lowest BCUT2D eigenvalue weighted by Gasteiger charge is -2.35. The lowest BCUT2D eigenvalue weighted by molar-refractivity contribution is 0.193. The Morgan fingerprint density at radius 1 is 1.28 bits per heavy atom. The van der Waals surface area contributed by atoms with E-state index in [0.717, 1.165) is 17.1 Å². The quantitative estimate of drug-likeness (QED) is 0.683. The molecule has 1 aliphatic carbocycles. The first-order valence-corrected chi connectivity index (χ1v) is 8.03. The molecule has 1 aliphatic rings. The summed E-state index contributed by atoms with van der Waals surface area (Å²) in [6.45, 7) is 0.878. The molecule has 1 fully saturated rings. The summed E-state index contributed by atoms with van der Waals surface area (Å²) in [6.07, 6.45) is 5.19. The van der Waals surface area contributed by atoms with Crippen molar-refractivity contribution in [2.24, 2.45) is 0 Å². The number of hydrogen-bond acceptors (Lipinski definition) is 1. The predicted octanol–water partition coefficient (Wildman–Crippen LogP) is 5.13. The molecule has 1 aromatic rings. The highest BCUT2D eigenvalue weighted by atomic mass is 79.9. The Hall–Kier alpha value is 0.240. The van der Waals surface area contributed by atoms with E-state index in [1.165, 1.54) is 25.7 Å². The minimum atomic E-state index is 0.599. The minimum absolute atomic E-state index is 0.599. The molecule has 100 valence electrons. The van der Waals surface area contributed by atoms with Crippen LogP contribution >= 0.6 is 39.1 Å². The standard InChI is InChI=1S/C14H18BrCl2N/c1-18(14-5-3-2-4-12(14)15)9-10-6-7-11(16)8-13(10)17/h6-8,12,14H,2-5,9H2,1H3. The van der Waals surface area contributed by atoms with Gasteiger partial charge in [0, 0.05) is 27.5 Å². The molecule has 1 saturated carbocycles. The fourth-order valence-electron chi connectivity index (χ4n) is 2.60. The molecule has 2 rings (SSSR count). The Morgan fingerprint density at radius 2 is 2.00 bits per heavy atom. The number of benzene rings is 1. The number of rotatable bonds is 3. The normalized spacial score (nSPS) is 24.5. The van der Waals surface area contributed by atoms with E-state index < -0.39 is 0 Å². The maximum Gasteiger partial charge on any atom is 0.0465 e. The monoisotopic (exact) mass is 349 g/mol. The van der Waals surface area contributed by atoms with Crippen molar-refractivity contribution in [2.45, 2.75) is 43.1 Å². The first-order valence-electron chi connectivity index (χ1n) is 6.36. The highest BCUT2D eigenvalue weighted by molar-refractivity contribution is 9.09. The largest absolute Gasteiger partial charge is 0.298 e. The third-order valence-corrected chi connectivity index (χ3v) is 5.30. The molecule has 0 aliphatic heterocycles. The Balaban J connectivity index is 2.03. The van der Waals surface area contributed by atoms with E-state index in [1.54, 1.807) is 0 Å². The molecule has 0 radical (unpaired) electrons. The lowest BCUT2D eigenvalue weighted by atomic mass is 9.94. The molecule has 0 spiro atoms. The van der Waals surface area contributed by atoms with Crippen LogP contribution in [0.5, 0.6) is 0 Å². The van der Waals surface area contributed by atoms with Crippen LogP contribution in [0.2, 0.25) is 10.0 Å². The van der Waals surface area contributed by atoms with Crippen molar-refractivity contribution >= 4 is 39.1 Å². The Labute approximate surface area is 128 Å². The highest BCUT2D eigenvalue weighted by Crippen LogP contribution is 2.30. The SMILES string of the molecule is CN(Cc1ccc(Cl)cc1Cl)C1CCCCC1Br. The number of hydrogen-bond donors (Lipinski definition) is 0. The first kappa shape index (κ1) is 14.6. The van der Waals surface area contributed by atoms with Crippen LogP contribution in [0.1, 0.15) is 31.2 Å². The van der Waals surface area contributed by atoms with Crippen LogP contribution in [0.15, 0.2) is 18.2 Å². The molecule has 0 N–H and O–H groups in total. The van der Waals surface area contributed by atoms with Gasteiger partial charge in [-0.15, -0.1) is 0 Å². The van der Waals surface area contributed by atoms with E-state index in [-0.39, 0.29) is 0 Å². The predicted molar refractivity (Wildman–Crippen MR) is 82.9 cm³/mol. The summed E-state index contributed by atoms with van der Waals surface area (Å²) >= 11 is 15.9. The topological polar surface area (TPSA) is 3.24 Å². The van der Waals surface area contributed by atoms with E-state index in [1.807, 2.05) is 18.2 Å². The van der Waals surface area contributed by atoms with Gasteiger partial charge in [-0.3, -0.25) is 4.90 Å². The van der Waals surface area contributed by atoms with Gasteiger partial charge in [0.05, 0.1) is 0 Å². The molecule has 1 nitrogen and oxygen atoms in total. The summed E-state index contributed by atoms with van der Waals surface area (Å²) in [7, 11) is 2.18. The van der Waals surface area contributed by atoms with Crippen LogP contribution in [0, 0.1) is 0 Å². The van der Waals surface area contributed by atoms with Crippen LogP contribution in [0.3, 0.4) is 0 Å². The van der Waals surface area contributed by atoms with E-state index >= 15 is 0 Å². The summed E-state index contributed by atoms with van der Waals surface area (Å²) < 4.78 is 0. The second-order valence-electron chi connectivity index (χ2n) is 5.02. The molecule has 1 aromatic carbocycles. The van der Waals surface area contributed by atoms with E-state index in [0.29, 0.717) is 15.9 Å². The maximum atomic E-state index is 6.23. The fourth-order valence-corrected chi connectivity index (χ4v) is 4.06. The van der Waals surface area contributed by atoms with Crippen molar-refractivity contribution in [3.63, 3.8) is 0 Å². The Kier molecular flexibility index (Phi) is 5.37. The molecule has 0 heterocycles. The van der Waals surface area contributed by atoms with Crippen LogP contribution in [-0.4, -0.2) is 22.8 Å². The maximum absolute atomic E-state index is 6.23. The smallest absolute Gasteiger partial charge is 0.0465 e. The van der Waals surface area contributed by atoms with Crippen molar-refractivity contribution in [2.75, 3.05) is 7.05 Å². The zero-order chi connectivity index (χ0) is 13.1. The van der Waals surface area contributed by atoms with Gasteiger partial charge in [0.25, 0.3) is 0 Å². The molecule has 0 amide bonds. The van der Waals surface area contributed by atoms with Gasteiger partial charge < -0.3 is 0 Å². The summed E-state index contributed by atoms with van der Waals surface area (Å²) in [5.41, 5.74) is 1.15. The highest BCUT2D eigenvalue weighted by Gasteiger charge is 2.26. The van der Waals surface area contributed by atoms with Crippen molar-refractivity contribution in [1.82, 2.24) is 4.90 Å². The van der Waals surface area contributed by atoms with Gasteiger partial charge in [0.1, 0.15) is 0 Å². The van der Waals surface area contributed by atoms with Gasteiger partial charge >= 0.3 is 0 Å². The average Bonchev–Trinajstić information content (AvgIpc) is 2.33. The number of nitrogens with zero attached hydrogens (tertiary/aromatic N) is 1. The van der Waals surface area contributed by atoms with Gasteiger partial charge in [-0.05, 0) is 37.6 Å². The zero-order valence-corrected chi connectivity index (χ0v) is 13.6. The molecular weight excluding hydrogens is 333 g/mol. The third kappa shape index (κ3) is 3.63. The summed E-state index contributed by atoms with van der Waals surface area (Å²) in [5, 5.41) is 1.46. The van der Waals surface area contributed by atoms with Crippen molar-refractivity contribution in [3.8, 4) is 0 Å². The Bertz CT molecular complexity index is 411. The summed E-state index contributed by atoms with van der Waals surface area (Å²) in [4.78, 5) is 3.00. The molecule has 2 unspecified atom stereocenters. The van der Waals surface area contributed by atoms with Crippen LogP contribution < -0.4 is 0 Å². The second kappa shape index (κ2) is 6.60. The van der Waals surface area contributed by atoms with Crippen molar-refractivity contribution in [1.29, 1.82) is 0 Å². The third-order valence-electron chi connectivity index (χ3n) is 3.65. The Morgan fingerprint density at radius 3 is 2.67 bits per heavy atom. The van der Waals surface area contributed by atoms with Gasteiger partial charge in [-0.25, -0.2) is 0 Å². The average molecular weight is 351 g/mol. The van der Waals surface area contributed by atoms with Gasteiger partial charge in [0.15, 0.2) is 0 Å². The number of alkyl halides is 1. The van der Waals surface area contributed by atoms with Gasteiger partial charge in [-0.2, -0.15) is 0 Å².